The van der Waals surface area contributed by atoms with Crippen molar-refractivity contribution in [2.45, 2.75) is 30.9 Å². The molecule has 0 atom stereocenters. The fourth-order valence-corrected chi connectivity index (χ4v) is 2.61. The maximum atomic E-state index is 5.24. The lowest BCUT2D eigenvalue weighted by Gasteiger charge is -2.40. The quantitative estimate of drug-likeness (QED) is 0.832. The molecule has 0 radical (unpaired) electrons. The lowest BCUT2D eigenvalue weighted by Crippen LogP contribution is -2.40. The van der Waals surface area contributed by atoms with Crippen LogP contribution >= 0.6 is 11.8 Å². The topological polar surface area (TPSA) is 38.1 Å². The fraction of sp³-hybridized carbons (Fsp3) is 0.700. The molecular formula is C10H16N2OS. The maximum Gasteiger partial charge on any atom is 0.294 e. The van der Waals surface area contributed by atoms with Crippen LogP contribution < -0.4 is 5.32 Å². The smallest absolute Gasteiger partial charge is 0.294 e. The minimum atomic E-state index is 0.433. The van der Waals surface area contributed by atoms with Crippen molar-refractivity contribution in [1.82, 2.24) is 4.98 Å². The number of aromatic nitrogens is 1. The molecule has 1 heterocycles. The molecule has 1 N–H and O–H groups in total. The van der Waals surface area contributed by atoms with E-state index in [1.807, 2.05) is 18.7 Å². The average Bonchev–Trinajstić information content (AvgIpc) is 2.50. The van der Waals surface area contributed by atoms with Crippen molar-refractivity contribution in [3.05, 3.63) is 12.0 Å². The SMILES string of the molecule is CSC1(CNc2nc(C)co2)CCC1. The van der Waals surface area contributed by atoms with Crippen LogP contribution in [0.3, 0.4) is 0 Å². The second-order valence-corrected chi connectivity index (χ2v) is 5.16. The Labute approximate surface area is 88.7 Å². The Bertz CT molecular complexity index is 301. The zero-order valence-electron chi connectivity index (χ0n) is 8.67. The molecule has 14 heavy (non-hydrogen) atoms. The summed E-state index contributed by atoms with van der Waals surface area (Å²) in [6.07, 6.45) is 7.82. The van der Waals surface area contributed by atoms with Crippen LogP contribution in [0.2, 0.25) is 0 Å². The Balaban J connectivity index is 1.87. The van der Waals surface area contributed by atoms with Gasteiger partial charge in [-0.25, -0.2) is 0 Å². The van der Waals surface area contributed by atoms with Crippen LogP contribution in [0.1, 0.15) is 25.0 Å². The van der Waals surface area contributed by atoms with Crippen molar-refractivity contribution in [2.75, 3.05) is 18.1 Å². The summed E-state index contributed by atoms with van der Waals surface area (Å²) in [5.74, 6) is 0. The van der Waals surface area contributed by atoms with Gasteiger partial charge in [-0.3, -0.25) is 0 Å². The van der Waals surface area contributed by atoms with Crippen LogP contribution in [0.25, 0.3) is 0 Å². The summed E-state index contributed by atoms with van der Waals surface area (Å²) in [4.78, 5) is 4.22. The molecule has 0 unspecified atom stereocenters. The molecule has 2 rings (SSSR count). The largest absolute Gasteiger partial charge is 0.432 e. The molecule has 3 nitrogen and oxygen atoms in total. The number of thioether (sulfide) groups is 1. The number of nitrogens with one attached hydrogen (secondary N) is 1. The number of anilines is 1. The van der Waals surface area contributed by atoms with Gasteiger partial charge in [0.05, 0.1) is 5.69 Å². The Morgan fingerprint density at radius 1 is 1.64 bits per heavy atom. The molecular weight excluding hydrogens is 196 g/mol. The van der Waals surface area contributed by atoms with Crippen molar-refractivity contribution in [3.63, 3.8) is 0 Å². The van der Waals surface area contributed by atoms with Crippen LogP contribution in [0.15, 0.2) is 10.7 Å². The normalized spacial score (nSPS) is 19.0. The Morgan fingerprint density at radius 2 is 2.43 bits per heavy atom. The highest BCUT2D eigenvalue weighted by atomic mass is 32.2. The van der Waals surface area contributed by atoms with E-state index in [2.05, 4.69) is 16.6 Å². The highest BCUT2D eigenvalue weighted by Crippen LogP contribution is 2.42. The first-order valence-electron chi connectivity index (χ1n) is 4.95. The summed E-state index contributed by atoms with van der Waals surface area (Å²) in [6.45, 7) is 2.90. The van der Waals surface area contributed by atoms with Gasteiger partial charge in [0.15, 0.2) is 0 Å². The van der Waals surface area contributed by atoms with E-state index < -0.39 is 0 Å². The third kappa shape index (κ3) is 1.90. The van der Waals surface area contributed by atoms with E-state index in [-0.39, 0.29) is 0 Å². The summed E-state index contributed by atoms with van der Waals surface area (Å²) in [5.41, 5.74) is 0.930. The third-order valence-electron chi connectivity index (χ3n) is 2.88. The molecule has 0 amide bonds. The van der Waals surface area contributed by atoms with E-state index in [0.29, 0.717) is 10.8 Å². The first-order valence-corrected chi connectivity index (χ1v) is 6.18. The van der Waals surface area contributed by atoms with Crippen molar-refractivity contribution in [2.24, 2.45) is 0 Å². The first-order chi connectivity index (χ1) is 6.74. The Kier molecular flexibility index (Phi) is 2.72. The van der Waals surface area contributed by atoms with E-state index >= 15 is 0 Å². The fourth-order valence-electron chi connectivity index (χ4n) is 1.70. The van der Waals surface area contributed by atoms with E-state index in [0.717, 1.165) is 12.2 Å². The van der Waals surface area contributed by atoms with Crippen molar-refractivity contribution >= 4 is 17.8 Å². The predicted octanol–water partition coefficient (Wildman–Crippen LogP) is 2.68. The molecule has 78 valence electrons. The third-order valence-corrected chi connectivity index (χ3v) is 4.30. The molecule has 0 aliphatic heterocycles. The van der Waals surface area contributed by atoms with Gasteiger partial charge in [-0.05, 0) is 26.0 Å². The minimum Gasteiger partial charge on any atom is -0.432 e. The molecule has 1 aliphatic rings. The molecule has 1 aromatic rings. The van der Waals surface area contributed by atoms with E-state index in [1.54, 1.807) is 6.26 Å². The molecule has 1 aliphatic carbocycles. The summed E-state index contributed by atoms with van der Waals surface area (Å²) in [6, 6.07) is 0.655. The minimum absolute atomic E-state index is 0.433. The molecule has 1 saturated carbocycles. The highest BCUT2D eigenvalue weighted by Gasteiger charge is 2.36. The average molecular weight is 212 g/mol. The second kappa shape index (κ2) is 3.85. The number of aryl methyl sites for hydroxylation is 1. The number of hydrogen-bond donors (Lipinski definition) is 1. The van der Waals surface area contributed by atoms with Gasteiger partial charge in [0.2, 0.25) is 0 Å². The van der Waals surface area contributed by atoms with Crippen LogP contribution in [0, 0.1) is 6.92 Å². The zero-order chi connectivity index (χ0) is 10.0. The van der Waals surface area contributed by atoms with Gasteiger partial charge >= 0.3 is 0 Å². The Morgan fingerprint density at radius 3 is 2.86 bits per heavy atom. The van der Waals surface area contributed by atoms with Crippen molar-refractivity contribution < 1.29 is 4.42 Å². The molecule has 4 heteroatoms. The number of rotatable bonds is 4. The summed E-state index contributed by atoms with van der Waals surface area (Å²) >= 11 is 1.95. The molecule has 1 fully saturated rings. The van der Waals surface area contributed by atoms with Gasteiger partial charge in [-0.1, -0.05) is 6.42 Å². The number of nitrogens with zero attached hydrogens (tertiary/aromatic N) is 1. The van der Waals surface area contributed by atoms with Gasteiger partial charge in [-0.2, -0.15) is 16.7 Å². The predicted molar refractivity (Wildman–Crippen MR) is 59.8 cm³/mol. The van der Waals surface area contributed by atoms with Crippen LogP contribution in [-0.4, -0.2) is 22.5 Å². The highest BCUT2D eigenvalue weighted by molar-refractivity contribution is 8.00. The van der Waals surface area contributed by atoms with Crippen molar-refractivity contribution in [3.8, 4) is 0 Å². The lowest BCUT2D eigenvalue weighted by molar-refractivity contribution is 0.376. The standard InChI is InChI=1S/C10H16N2OS/c1-8-6-13-9(12-8)11-7-10(14-2)4-3-5-10/h6H,3-5,7H2,1-2H3,(H,11,12). The zero-order valence-corrected chi connectivity index (χ0v) is 9.49. The maximum absolute atomic E-state index is 5.24. The van der Waals surface area contributed by atoms with Gasteiger partial charge in [0.25, 0.3) is 6.01 Å². The van der Waals surface area contributed by atoms with Crippen LogP contribution in [0.4, 0.5) is 6.01 Å². The monoisotopic (exact) mass is 212 g/mol. The van der Waals surface area contributed by atoms with Crippen molar-refractivity contribution in [1.29, 1.82) is 0 Å². The van der Waals surface area contributed by atoms with Gasteiger partial charge in [-0.15, -0.1) is 0 Å². The number of oxazole rings is 1. The van der Waals surface area contributed by atoms with E-state index in [4.69, 9.17) is 4.42 Å². The van der Waals surface area contributed by atoms with Gasteiger partial charge in [0.1, 0.15) is 6.26 Å². The summed E-state index contributed by atoms with van der Waals surface area (Å²) in [7, 11) is 0. The summed E-state index contributed by atoms with van der Waals surface area (Å²) in [5, 5.41) is 3.26. The van der Waals surface area contributed by atoms with Gasteiger partial charge < -0.3 is 9.73 Å². The van der Waals surface area contributed by atoms with Crippen LogP contribution in [0.5, 0.6) is 0 Å². The molecule has 0 saturated heterocycles. The molecule has 1 aromatic heterocycles. The Hall–Kier alpha value is -0.640. The van der Waals surface area contributed by atoms with E-state index in [9.17, 15) is 0 Å². The lowest BCUT2D eigenvalue weighted by atomic mass is 9.84. The van der Waals surface area contributed by atoms with Gasteiger partial charge in [0, 0.05) is 11.3 Å². The number of hydrogen-bond acceptors (Lipinski definition) is 4. The second-order valence-electron chi connectivity index (χ2n) is 3.89. The van der Waals surface area contributed by atoms with Crippen LogP contribution in [-0.2, 0) is 0 Å². The summed E-state index contributed by atoms with van der Waals surface area (Å²) < 4.78 is 5.67. The van der Waals surface area contributed by atoms with E-state index in [1.165, 1.54) is 19.3 Å². The molecule has 0 bridgehead atoms. The molecule has 0 spiro atoms. The first kappa shape index (κ1) is 9.90. The molecule has 0 aromatic carbocycles.